The number of pyridine rings is 1. The zero-order valence-corrected chi connectivity index (χ0v) is 10.1. The standard InChI is InChI=1S/C13H19N3/c1-9-7-8-16-12(15)10(9)5-6-11(14)13(2,3)4/h5-8H,1,14H2,2-4H3,(H2,15,16)/b10-5+,11-6-. The van der Waals surface area contributed by atoms with Crippen molar-refractivity contribution in [2.45, 2.75) is 20.8 Å². The smallest absolute Gasteiger partial charge is 0.131 e. The van der Waals surface area contributed by atoms with E-state index in [4.69, 9.17) is 11.5 Å². The van der Waals surface area contributed by atoms with Gasteiger partial charge in [0.05, 0.1) is 0 Å². The first-order valence-corrected chi connectivity index (χ1v) is 5.20. The van der Waals surface area contributed by atoms with Crippen LogP contribution in [0.4, 0.5) is 5.82 Å². The molecule has 0 radical (unpaired) electrons. The normalized spacial score (nSPS) is 14.2. The van der Waals surface area contributed by atoms with Crippen molar-refractivity contribution in [1.82, 2.24) is 4.98 Å². The van der Waals surface area contributed by atoms with Gasteiger partial charge in [-0.1, -0.05) is 27.4 Å². The lowest BCUT2D eigenvalue weighted by Gasteiger charge is -2.18. The van der Waals surface area contributed by atoms with E-state index in [9.17, 15) is 0 Å². The Bertz CT molecular complexity index is 507. The van der Waals surface area contributed by atoms with Crippen LogP contribution in [0.15, 0.2) is 24.0 Å². The van der Waals surface area contributed by atoms with E-state index in [1.165, 1.54) is 0 Å². The van der Waals surface area contributed by atoms with Crippen LogP contribution in [-0.4, -0.2) is 4.98 Å². The molecule has 4 N–H and O–H groups in total. The number of allylic oxidation sites excluding steroid dienone is 2. The van der Waals surface area contributed by atoms with Crippen LogP contribution in [0.5, 0.6) is 0 Å². The Morgan fingerprint density at radius 3 is 2.56 bits per heavy atom. The molecular weight excluding hydrogens is 198 g/mol. The lowest BCUT2D eigenvalue weighted by molar-refractivity contribution is 0.498. The second-order valence-electron chi connectivity index (χ2n) is 4.81. The first-order valence-electron chi connectivity index (χ1n) is 5.20. The Labute approximate surface area is 96.2 Å². The number of hydrogen-bond acceptors (Lipinski definition) is 3. The van der Waals surface area contributed by atoms with Crippen molar-refractivity contribution in [3.8, 4) is 0 Å². The minimum absolute atomic E-state index is 0.0468. The van der Waals surface area contributed by atoms with Gasteiger partial charge in [-0.25, -0.2) is 4.98 Å². The van der Waals surface area contributed by atoms with E-state index >= 15 is 0 Å². The number of hydrogen-bond donors (Lipinski definition) is 2. The van der Waals surface area contributed by atoms with Gasteiger partial charge < -0.3 is 11.5 Å². The van der Waals surface area contributed by atoms with Crippen molar-refractivity contribution in [1.29, 1.82) is 0 Å². The Kier molecular flexibility index (Phi) is 3.38. The highest BCUT2D eigenvalue weighted by Gasteiger charge is 2.12. The first-order chi connectivity index (χ1) is 7.32. The molecular formula is C13H19N3. The largest absolute Gasteiger partial charge is 0.402 e. The highest BCUT2D eigenvalue weighted by Crippen LogP contribution is 2.20. The van der Waals surface area contributed by atoms with Crippen molar-refractivity contribution in [2.75, 3.05) is 5.73 Å². The van der Waals surface area contributed by atoms with E-state index in [0.717, 1.165) is 16.1 Å². The lowest BCUT2D eigenvalue weighted by atomic mass is 9.92. The Morgan fingerprint density at radius 2 is 2.06 bits per heavy atom. The van der Waals surface area contributed by atoms with E-state index in [1.54, 1.807) is 6.20 Å². The molecule has 0 bridgehead atoms. The molecule has 0 spiro atoms. The molecule has 0 amide bonds. The second-order valence-corrected chi connectivity index (χ2v) is 4.81. The third-order valence-electron chi connectivity index (χ3n) is 2.41. The highest BCUT2D eigenvalue weighted by molar-refractivity contribution is 5.47. The van der Waals surface area contributed by atoms with Crippen LogP contribution in [0.1, 0.15) is 20.8 Å². The fraction of sp³-hybridized carbons (Fsp3) is 0.308. The summed E-state index contributed by atoms with van der Waals surface area (Å²) in [5.41, 5.74) is 12.5. The minimum atomic E-state index is -0.0468. The van der Waals surface area contributed by atoms with Gasteiger partial charge in [0.1, 0.15) is 5.82 Å². The predicted octanol–water partition coefficient (Wildman–Crippen LogP) is 0.743. The van der Waals surface area contributed by atoms with Crippen LogP contribution in [0.3, 0.4) is 0 Å². The first kappa shape index (κ1) is 12.3. The average Bonchev–Trinajstić information content (AvgIpc) is 2.15. The molecule has 0 aliphatic rings. The summed E-state index contributed by atoms with van der Waals surface area (Å²) in [5, 5.41) is 1.68. The average molecular weight is 217 g/mol. The molecule has 0 fully saturated rings. The monoisotopic (exact) mass is 217 g/mol. The third-order valence-corrected chi connectivity index (χ3v) is 2.41. The molecule has 1 aromatic rings. The predicted molar refractivity (Wildman–Crippen MR) is 69.6 cm³/mol. The summed E-state index contributed by atoms with van der Waals surface area (Å²) in [5.74, 6) is 0.477. The van der Waals surface area contributed by atoms with Gasteiger partial charge in [-0.2, -0.15) is 0 Å². The molecule has 3 heteroatoms. The molecule has 16 heavy (non-hydrogen) atoms. The van der Waals surface area contributed by atoms with Gasteiger partial charge in [0.25, 0.3) is 0 Å². The molecule has 1 aromatic heterocycles. The Balaban J connectivity index is 3.26. The fourth-order valence-corrected chi connectivity index (χ4v) is 1.15. The lowest BCUT2D eigenvalue weighted by Crippen LogP contribution is -2.27. The van der Waals surface area contributed by atoms with Crippen LogP contribution in [-0.2, 0) is 0 Å². The molecule has 0 saturated carbocycles. The van der Waals surface area contributed by atoms with Gasteiger partial charge in [-0.15, -0.1) is 0 Å². The van der Waals surface area contributed by atoms with Crippen LogP contribution in [0.2, 0.25) is 0 Å². The molecule has 86 valence electrons. The molecule has 0 aromatic carbocycles. The molecule has 0 saturated heterocycles. The SMILES string of the molecule is C=c1ccnc(N)/c1=C/C=C(\N)C(C)(C)C. The maximum absolute atomic E-state index is 5.95. The van der Waals surface area contributed by atoms with Gasteiger partial charge >= 0.3 is 0 Å². The summed E-state index contributed by atoms with van der Waals surface area (Å²) in [6.45, 7) is 10.1. The van der Waals surface area contributed by atoms with Gasteiger partial charge in [0.2, 0.25) is 0 Å². The molecule has 3 nitrogen and oxygen atoms in total. The summed E-state index contributed by atoms with van der Waals surface area (Å²) in [7, 11) is 0. The second kappa shape index (κ2) is 4.39. The molecule has 0 aliphatic heterocycles. The summed E-state index contributed by atoms with van der Waals surface area (Å²) in [6.07, 6.45) is 5.37. The van der Waals surface area contributed by atoms with E-state index in [2.05, 4.69) is 32.3 Å². The van der Waals surface area contributed by atoms with E-state index < -0.39 is 0 Å². The topological polar surface area (TPSA) is 64.9 Å². The highest BCUT2D eigenvalue weighted by atomic mass is 14.8. The summed E-state index contributed by atoms with van der Waals surface area (Å²) in [4.78, 5) is 4.02. The van der Waals surface area contributed by atoms with Gasteiger partial charge in [-0.3, -0.25) is 0 Å². The van der Waals surface area contributed by atoms with Crippen LogP contribution in [0, 0.1) is 5.41 Å². The van der Waals surface area contributed by atoms with Crippen molar-refractivity contribution in [3.05, 3.63) is 34.5 Å². The minimum Gasteiger partial charge on any atom is -0.402 e. The maximum atomic E-state index is 5.95. The number of nitrogens with two attached hydrogens (primary N) is 2. The van der Waals surface area contributed by atoms with Crippen molar-refractivity contribution >= 4 is 18.5 Å². The summed E-state index contributed by atoms with van der Waals surface area (Å²) >= 11 is 0. The Morgan fingerprint density at radius 1 is 1.44 bits per heavy atom. The number of anilines is 1. The third kappa shape index (κ3) is 2.86. The number of rotatable bonds is 1. The number of aromatic nitrogens is 1. The van der Waals surface area contributed by atoms with Crippen LogP contribution >= 0.6 is 0 Å². The fourth-order valence-electron chi connectivity index (χ4n) is 1.15. The quantitative estimate of drug-likeness (QED) is 0.729. The van der Waals surface area contributed by atoms with Crippen LogP contribution < -0.4 is 21.9 Å². The van der Waals surface area contributed by atoms with E-state index in [-0.39, 0.29) is 5.41 Å². The van der Waals surface area contributed by atoms with Crippen molar-refractivity contribution in [3.63, 3.8) is 0 Å². The molecule has 1 heterocycles. The van der Waals surface area contributed by atoms with E-state index in [0.29, 0.717) is 5.82 Å². The van der Waals surface area contributed by atoms with E-state index in [1.807, 2.05) is 18.2 Å². The van der Waals surface area contributed by atoms with Gasteiger partial charge in [0.15, 0.2) is 0 Å². The number of nitrogen functional groups attached to an aromatic ring is 1. The maximum Gasteiger partial charge on any atom is 0.131 e. The summed E-state index contributed by atoms with van der Waals surface area (Å²) < 4.78 is 0. The molecule has 1 rings (SSSR count). The molecule has 0 aliphatic carbocycles. The summed E-state index contributed by atoms with van der Waals surface area (Å²) in [6, 6.07) is 1.82. The van der Waals surface area contributed by atoms with Crippen molar-refractivity contribution in [2.24, 2.45) is 11.1 Å². The molecule has 0 unspecified atom stereocenters. The molecule has 0 atom stereocenters. The van der Waals surface area contributed by atoms with Gasteiger partial charge in [-0.05, 0) is 23.4 Å². The zero-order chi connectivity index (χ0) is 12.3. The van der Waals surface area contributed by atoms with Gasteiger partial charge in [0, 0.05) is 22.5 Å². The van der Waals surface area contributed by atoms with Crippen LogP contribution in [0.25, 0.3) is 12.7 Å². The van der Waals surface area contributed by atoms with Crippen molar-refractivity contribution < 1.29 is 0 Å². The Hall–Kier alpha value is -1.77. The zero-order valence-electron chi connectivity index (χ0n) is 10.1. The number of nitrogens with zero attached hydrogens (tertiary/aromatic N) is 1.